The van der Waals surface area contributed by atoms with Gasteiger partial charge >= 0.3 is 0 Å². The van der Waals surface area contributed by atoms with Gasteiger partial charge in [0.25, 0.3) is 0 Å². The van der Waals surface area contributed by atoms with E-state index in [4.69, 9.17) is 11.2 Å². The van der Waals surface area contributed by atoms with E-state index in [-0.39, 0.29) is 6.10 Å². The lowest BCUT2D eigenvalue weighted by Gasteiger charge is -2.35. The van der Waals surface area contributed by atoms with Crippen molar-refractivity contribution < 1.29 is 9.84 Å². The van der Waals surface area contributed by atoms with E-state index < -0.39 is 5.60 Å². The monoisotopic (exact) mass is 182 g/mol. The number of rotatable bonds is 3. The van der Waals surface area contributed by atoms with E-state index in [0.717, 1.165) is 12.8 Å². The van der Waals surface area contributed by atoms with Crippen LogP contribution >= 0.6 is 0 Å². The molecular weight excluding hydrogens is 164 g/mol. The Labute approximate surface area is 80.3 Å². The van der Waals surface area contributed by atoms with E-state index in [2.05, 4.69) is 12.8 Å². The summed E-state index contributed by atoms with van der Waals surface area (Å²) in [4.78, 5) is 0. The molecule has 1 fully saturated rings. The van der Waals surface area contributed by atoms with Crippen molar-refractivity contribution in [1.29, 1.82) is 0 Å². The summed E-state index contributed by atoms with van der Waals surface area (Å²) in [7, 11) is 0. The molecule has 0 spiro atoms. The summed E-state index contributed by atoms with van der Waals surface area (Å²) in [5, 5.41) is 10.0. The van der Waals surface area contributed by atoms with Gasteiger partial charge in [0, 0.05) is 25.9 Å². The minimum absolute atomic E-state index is 0.206. The third-order valence-electron chi connectivity index (χ3n) is 2.57. The number of aliphatic hydroxyl groups is 1. The molecule has 74 valence electrons. The fraction of sp³-hybridized carbons (Fsp3) is 0.818. The fourth-order valence-corrected chi connectivity index (χ4v) is 1.86. The predicted molar refractivity (Wildman–Crippen MR) is 52.3 cm³/mol. The molecule has 0 radical (unpaired) electrons. The molecular formula is C11H18O2. The van der Waals surface area contributed by atoms with Gasteiger partial charge in [0.2, 0.25) is 0 Å². The molecule has 2 unspecified atom stereocenters. The summed E-state index contributed by atoms with van der Waals surface area (Å²) >= 11 is 0. The topological polar surface area (TPSA) is 29.5 Å². The molecule has 1 saturated heterocycles. The van der Waals surface area contributed by atoms with Gasteiger partial charge in [0.15, 0.2) is 0 Å². The van der Waals surface area contributed by atoms with Gasteiger partial charge in [-0.3, -0.25) is 0 Å². The zero-order valence-corrected chi connectivity index (χ0v) is 8.25. The van der Waals surface area contributed by atoms with Gasteiger partial charge in [-0.2, -0.15) is 0 Å². The van der Waals surface area contributed by atoms with Crippen molar-refractivity contribution in [1.82, 2.24) is 0 Å². The third-order valence-corrected chi connectivity index (χ3v) is 2.57. The summed E-state index contributed by atoms with van der Waals surface area (Å²) in [5.41, 5.74) is -0.660. The Bertz CT molecular complexity index is 193. The summed E-state index contributed by atoms with van der Waals surface area (Å²) in [6, 6.07) is 0. The van der Waals surface area contributed by atoms with Gasteiger partial charge in [-0.1, -0.05) is 13.3 Å². The van der Waals surface area contributed by atoms with Crippen LogP contribution in [0, 0.1) is 12.3 Å². The Kier molecular flexibility index (Phi) is 3.77. The zero-order chi connectivity index (χ0) is 9.73. The summed E-state index contributed by atoms with van der Waals surface area (Å²) in [5.74, 6) is 2.54. The zero-order valence-electron chi connectivity index (χ0n) is 8.25. The first-order valence-electron chi connectivity index (χ1n) is 4.97. The lowest BCUT2D eigenvalue weighted by molar-refractivity contribution is -0.102. The molecule has 1 N–H and O–H groups in total. The van der Waals surface area contributed by atoms with Crippen molar-refractivity contribution in [3.8, 4) is 12.3 Å². The smallest absolute Gasteiger partial charge is 0.0802 e. The van der Waals surface area contributed by atoms with Crippen molar-refractivity contribution in [3.63, 3.8) is 0 Å². The quantitative estimate of drug-likeness (QED) is 0.673. The van der Waals surface area contributed by atoms with E-state index >= 15 is 0 Å². The molecule has 0 aromatic carbocycles. The van der Waals surface area contributed by atoms with Crippen LogP contribution in [0.2, 0.25) is 0 Å². The molecule has 0 saturated carbocycles. The Morgan fingerprint density at radius 1 is 1.69 bits per heavy atom. The highest BCUT2D eigenvalue weighted by atomic mass is 16.5. The molecule has 2 heteroatoms. The van der Waals surface area contributed by atoms with Crippen LogP contribution < -0.4 is 0 Å². The van der Waals surface area contributed by atoms with Crippen LogP contribution in [0.15, 0.2) is 0 Å². The third kappa shape index (κ3) is 3.02. The van der Waals surface area contributed by atoms with Crippen molar-refractivity contribution in [2.24, 2.45) is 0 Å². The minimum atomic E-state index is -0.660. The second-order valence-electron chi connectivity index (χ2n) is 3.84. The predicted octanol–water partition coefficient (Wildman–Crippen LogP) is 1.72. The number of terminal acetylenes is 1. The van der Waals surface area contributed by atoms with Gasteiger partial charge in [0.1, 0.15) is 0 Å². The standard InChI is InChI=1S/C11H18O2/c1-3-5-10-9-11(12,6-4-2)7-8-13-10/h2,10,12H,3,5-9H2,1H3. The molecule has 1 aliphatic heterocycles. The molecule has 1 aliphatic rings. The van der Waals surface area contributed by atoms with E-state index in [9.17, 15) is 5.11 Å². The van der Waals surface area contributed by atoms with Crippen LogP contribution in [0.25, 0.3) is 0 Å². The maximum atomic E-state index is 10.0. The van der Waals surface area contributed by atoms with Gasteiger partial charge in [-0.15, -0.1) is 12.3 Å². The molecule has 0 aromatic rings. The first-order chi connectivity index (χ1) is 6.20. The molecule has 1 rings (SSSR count). The highest BCUT2D eigenvalue weighted by Gasteiger charge is 2.33. The van der Waals surface area contributed by atoms with Crippen LogP contribution in [-0.2, 0) is 4.74 Å². The van der Waals surface area contributed by atoms with Gasteiger partial charge < -0.3 is 9.84 Å². The van der Waals surface area contributed by atoms with Gasteiger partial charge in [-0.05, 0) is 6.42 Å². The van der Waals surface area contributed by atoms with Gasteiger partial charge in [0.05, 0.1) is 11.7 Å². The molecule has 2 atom stereocenters. The molecule has 0 aromatic heterocycles. The van der Waals surface area contributed by atoms with Crippen LogP contribution in [0.5, 0.6) is 0 Å². The fourth-order valence-electron chi connectivity index (χ4n) is 1.86. The van der Waals surface area contributed by atoms with E-state index in [1.165, 1.54) is 0 Å². The minimum Gasteiger partial charge on any atom is -0.389 e. The van der Waals surface area contributed by atoms with E-state index in [0.29, 0.717) is 25.9 Å². The first kappa shape index (κ1) is 10.6. The lowest BCUT2D eigenvalue weighted by atomic mass is 9.86. The molecule has 0 aliphatic carbocycles. The highest BCUT2D eigenvalue weighted by molar-refractivity contribution is 4.97. The maximum Gasteiger partial charge on any atom is 0.0802 e. The van der Waals surface area contributed by atoms with Crippen molar-refractivity contribution >= 4 is 0 Å². The first-order valence-corrected chi connectivity index (χ1v) is 4.97. The van der Waals surface area contributed by atoms with E-state index in [1.54, 1.807) is 0 Å². The van der Waals surface area contributed by atoms with Crippen LogP contribution in [0.4, 0.5) is 0 Å². The van der Waals surface area contributed by atoms with Gasteiger partial charge in [-0.25, -0.2) is 0 Å². The highest BCUT2D eigenvalue weighted by Crippen LogP contribution is 2.29. The summed E-state index contributed by atoms with van der Waals surface area (Å²) < 4.78 is 5.53. The largest absolute Gasteiger partial charge is 0.389 e. The second kappa shape index (κ2) is 4.64. The Morgan fingerprint density at radius 3 is 3.08 bits per heavy atom. The van der Waals surface area contributed by atoms with Crippen LogP contribution in [-0.4, -0.2) is 23.4 Å². The lowest BCUT2D eigenvalue weighted by Crippen LogP contribution is -2.40. The average Bonchev–Trinajstić information content (AvgIpc) is 2.04. The van der Waals surface area contributed by atoms with Crippen molar-refractivity contribution in [2.45, 2.75) is 50.7 Å². The van der Waals surface area contributed by atoms with Crippen LogP contribution in [0.1, 0.15) is 39.0 Å². The Balaban J connectivity index is 2.45. The summed E-state index contributed by atoms with van der Waals surface area (Å²) in [6.45, 7) is 2.76. The molecule has 0 amide bonds. The molecule has 1 heterocycles. The van der Waals surface area contributed by atoms with Crippen LogP contribution in [0.3, 0.4) is 0 Å². The second-order valence-corrected chi connectivity index (χ2v) is 3.84. The SMILES string of the molecule is C#CCC1(O)CCOC(CCC)C1. The van der Waals surface area contributed by atoms with Crippen molar-refractivity contribution in [3.05, 3.63) is 0 Å². The average molecular weight is 182 g/mol. The number of ether oxygens (including phenoxy) is 1. The van der Waals surface area contributed by atoms with Crippen molar-refractivity contribution in [2.75, 3.05) is 6.61 Å². The molecule has 0 bridgehead atoms. The normalized spacial score (nSPS) is 34.1. The Morgan fingerprint density at radius 2 is 2.46 bits per heavy atom. The summed E-state index contributed by atoms with van der Waals surface area (Å²) in [6.07, 6.45) is 9.37. The molecule has 2 nitrogen and oxygen atoms in total. The molecule has 13 heavy (non-hydrogen) atoms. The number of hydrogen-bond acceptors (Lipinski definition) is 2. The maximum absolute atomic E-state index is 10.0. The van der Waals surface area contributed by atoms with E-state index in [1.807, 2.05) is 0 Å². The number of hydrogen-bond donors (Lipinski definition) is 1. The Hall–Kier alpha value is -0.520.